The molecule has 0 unspecified atom stereocenters. The van der Waals surface area contributed by atoms with E-state index in [1.165, 1.54) is 7.11 Å². The number of ether oxygens (including phenoxy) is 2. The number of nitrogens with one attached hydrogen (secondary N) is 1. The summed E-state index contributed by atoms with van der Waals surface area (Å²) in [6, 6.07) is 4.82. The van der Waals surface area contributed by atoms with Crippen LogP contribution in [0.2, 0.25) is 0 Å². The van der Waals surface area contributed by atoms with Gasteiger partial charge >= 0.3 is 11.9 Å². The van der Waals surface area contributed by atoms with E-state index in [4.69, 9.17) is 10.5 Å². The van der Waals surface area contributed by atoms with Crippen molar-refractivity contribution in [1.82, 2.24) is 4.98 Å². The molecule has 0 amide bonds. The van der Waals surface area contributed by atoms with E-state index in [0.717, 1.165) is 0 Å². The number of carbonyl (C=O) groups is 2. The summed E-state index contributed by atoms with van der Waals surface area (Å²) >= 11 is 0. The second-order valence-electron chi connectivity index (χ2n) is 3.89. The van der Waals surface area contributed by atoms with Gasteiger partial charge in [0.05, 0.1) is 19.3 Å². The molecule has 0 aliphatic rings. The van der Waals surface area contributed by atoms with Gasteiger partial charge in [-0.15, -0.1) is 0 Å². The van der Waals surface area contributed by atoms with Crippen LogP contribution in [-0.4, -0.2) is 30.6 Å². The monoisotopic (exact) mass is 322 g/mol. The Morgan fingerprint density at radius 3 is 2.26 bits per heavy atom. The first-order valence-electron chi connectivity index (χ1n) is 7.75. The number of aromatic amines is 1. The first-order valence-corrected chi connectivity index (χ1v) is 7.75. The second-order valence-corrected chi connectivity index (χ2v) is 3.89. The molecule has 2 aromatic rings. The summed E-state index contributed by atoms with van der Waals surface area (Å²) in [5, 5.41) is 0.541. The number of rotatable bonds is 3. The van der Waals surface area contributed by atoms with Gasteiger partial charge in [-0.1, -0.05) is 27.7 Å². The van der Waals surface area contributed by atoms with E-state index in [2.05, 4.69) is 9.72 Å². The van der Waals surface area contributed by atoms with E-state index in [1.54, 1.807) is 25.1 Å². The van der Waals surface area contributed by atoms with Crippen molar-refractivity contribution < 1.29 is 19.1 Å². The summed E-state index contributed by atoms with van der Waals surface area (Å²) in [4.78, 5) is 26.2. The number of esters is 2. The Kier molecular flexibility index (Phi) is 9.15. The number of carbonyl (C=O) groups excluding carboxylic acids is 2. The molecule has 1 aromatic carbocycles. The third kappa shape index (κ3) is 4.74. The average molecular weight is 322 g/mol. The number of benzene rings is 1. The normalized spacial score (nSPS) is 9.13. The van der Waals surface area contributed by atoms with Gasteiger partial charge < -0.3 is 20.2 Å². The third-order valence-corrected chi connectivity index (χ3v) is 2.73. The molecule has 1 heterocycles. The van der Waals surface area contributed by atoms with E-state index in [1.807, 2.05) is 27.7 Å². The Morgan fingerprint density at radius 1 is 1.13 bits per heavy atom. The van der Waals surface area contributed by atoms with Crippen molar-refractivity contribution in [3.05, 3.63) is 29.3 Å². The Labute approximate surface area is 137 Å². The zero-order valence-corrected chi connectivity index (χ0v) is 14.6. The summed E-state index contributed by atoms with van der Waals surface area (Å²) in [6.45, 7) is 9.96. The molecular formula is C17H26N2O4. The standard InChI is InChI=1S/C13H14N2O4.2C2H6/c1-3-19-13(17)10-8-6-7(12(16)18-2)4-5-9(8)15-11(10)14;2*1-2/h4-6,15H,3,14H2,1-2H3;2*1-2H3. The van der Waals surface area contributed by atoms with Gasteiger partial charge in [0.2, 0.25) is 0 Å². The largest absolute Gasteiger partial charge is 0.465 e. The van der Waals surface area contributed by atoms with Gasteiger partial charge in [-0.3, -0.25) is 0 Å². The Hall–Kier alpha value is -2.50. The SMILES string of the molecule is CC.CC.CCOC(=O)c1c(N)[nH]c2ccc(C(=O)OC)cc12. The average Bonchev–Trinajstić information content (AvgIpc) is 2.92. The van der Waals surface area contributed by atoms with Crippen LogP contribution in [0.1, 0.15) is 55.3 Å². The highest BCUT2D eigenvalue weighted by Gasteiger charge is 2.19. The fourth-order valence-electron chi connectivity index (χ4n) is 1.88. The van der Waals surface area contributed by atoms with Crippen molar-refractivity contribution in [1.29, 1.82) is 0 Å². The van der Waals surface area contributed by atoms with Crippen LogP contribution in [0.25, 0.3) is 10.9 Å². The molecule has 0 saturated heterocycles. The van der Waals surface area contributed by atoms with Crippen molar-refractivity contribution in [3.8, 4) is 0 Å². The molecule has 0 aliphatic heterocycles. The molecule has 1 aromatic heterocycles. The first kappa shape index (κ1) is 20.5. The van der Waals surface area contributed by atoms with Gasteiger partial charge in [0.25, 0.3) is 0 Å². The molecule has 128 valence electrons. The molecule has 0 bridgehead atoms. The van der Waals surface area contributed by atoms with Gasteiger partial charge in [0.15, 0.2) is 0 Å². The van der Waals surface area contributed by atoms with E-state index in [0.29, 0.717) is 16.5 Å². The number of hydrogen-bond donors (Lipinski definition) is 2. The molecule has 0 fully saturated rings. The van der Waals surface area contributed by atoms with Crippen molar-refractivity contribution >= 4 is 28.7 Å². The number of aromatic nitrogens is 1. The lowest BCUT2D eigenvalue weighted by molar-refractivity contribution is 0.0528. The Morgan fingerprint density at radius 2 is 1.74 bits per heavy atom. The van der Waals surface area contributed by atoms with E-state index in [-0.39, 0.29) is 18.0 Å². The van der Waals surface area contributed by atoms with Crippen molar-refractivity contribution in [2.24, 2.45) is 0 Å². The van der Waals surface area contributed by atoms with Crippen LogP contribution >= 0.6 is 0 Å². The van der Waals surface area contributed by atoms with Gasteiger partial charge in [0, 0.05) is 10.9 Å². The van der Waals surface area contributed by atoms with Crippen LogP contribution in [0.5, 0.6) is 0 Å². The molecule has 0 aliphatic carbocycles. The third-order valence-electron chi connectivity index (χ3n) is 2.73. The van der Waals surface area contributed by atoms with Gasteiger partial charge in [-0.25, -0.2) is 9.59 Å². The molecule has 6 heteroatoms. The summed E-state index contributed by atoms with van der Waals surface area (Å²) in [5.74, 6) is -0.778. The number of nitrogens with two attached hydrogens (primary N) is 1. The number of fused-ring (bicyclic) bond motifs is 1. The lowest BCUT2D eigenvalue weighted by atomic mass is 10.1. The highest BCUT2D eigenvalue weighted by Crippen LogP contribution is 2.26. The fourth-order valence-corrected chi connectivity index (χ4v) is 1.88. The maximum atomic E-state index is 11.9. The highest BCUT2D eigenvalue weighted by molar-refractivity contribution is 6.10. The summed E-state index contributed by atoms with van der Waals surface area (Å²) in [5.41, 5.74) is 7.02. The van der Waals surface area contributed by atoms with Crippen LogP contribution in [0.4, 0.5) is 5.82 Å². The van der Waals surface area contributed by atoms with Gasteiger partial charge in [-0.2, -0.15) is 0 Å². The van der Waals surface area contributed by atoms with Crippen molar-refractivity contribution in [2.45, 2.75) is 34.6 Å². The molecule has 3 N–H and O–H groups in total. The minimum Gasteiger partial charge on any atom is -0.465 e. The molecule has 0 saturated carbocycles. The quantitative estimate of drug-likeness (QED) is 0.839. The van der Waals surface area contributed by atoms with E-state index < -0.39 is 11.9 Å². The smallest absolute Gasteiger partial charge is 0.342 e. The number of nitrogen functional groups attached to an aromatic ring is 1. The zero-order chi connectivity index (χ0) is 18.0. The van der Waals surface area contributed by atoms with E-state index >= 15 is 0 Å². The lowest BCUT2D eigenvalue weighted by Gasteiger charge is -2.02. The van der Waals surface area contributed by atoms with Crippen molar-refractivity contribution in [2.75, 3.05) is 19.5 Å². The summed E-state index contributed by atoms with van der Waals surface area (Å²) in [7, 11) is 1.30. The lowest BCUT2D eigenvalue weighted by Crippen LogP contribution is -2.07. The Balaban J connectivity index is 0.00000112. The number of H-pyrrole nitrogens is 1. The number of hydrogen-bond acceptors (Lipinski definition) is 5. The van der Waals surface area contributed by atoms with Crippen LogP contribution in [-0.2, 0) is 9.47 Å². The predicted molar refractivity (Wildman–Crippen MR) is 92.7 cm³/mol. The number of methoxy groups -OCH3 is 1. The molecular weight excluding hydrogens is 296 g/mol. The van der Waals surface area contributed by atoms with Crippen LogP contribution in [0.15, 0.2) is 18.2 Å². The fraction of sp³-hybridized carbons (Fsp3) is 0.412. The minimum atomic E-state index is -0.520. The predicted octanol–water partition coefficient (Wildman–Crippen LogP) is 3.77. The van der Waals surface area contributed by atoms with Crippen LogP contribution in [0.3, 0.4) is 0 Å². The molecule has 2 rings (SSSR count). The first-order chi connectivity index (χ1) is 11.1. The maximum Gasteiger partial charge on any atom is 0.342 e. The number of anilines is 1. The summed E-state index contributed by atoms with van der Waals surface area (Å²) in [6.07, 6.45) is 0. The van der Waals surface area contributed by atoms with Crippen molar-refractivity contribution in [3.63, 3.8) is 0 Å². The van der Waals surface area contributed by atoms with Crippen LogP contribution in [0, 0.1) is 0 Å². The molecule has 23 heavy (non-hydrogen) atoms. The minimum absolute atomic E-state index is 0.218. The maximum absolute atomic E-state index is 11.9. The zero-order valence-electron chi connectivity index (χ0n) is 14.6. The van der Waals surface area contributed by atoms with E-state index in [9.17, 15) is 9.59 Å². The Bertz CT molecular complexity index is 647. The van der Waals surface area contributed by atoms with Gasteiger partial charge in [0.1, 0.15) is 11.4 Å². The highest BCUT2D eigenvalue weighted by atomic mass is 16.5. The molecule has 0 radical (unpaired) electrons. The second kappa shape index (κ2) is 10.3. The molecule has 0 atom stereocenters. The topological polar surface area (TPSA) is 94.4 Å². The summed E-state index contributed by atoms with van der Waals surface area (Å²) < 4.78 is 9.59. The molecule has 0 spiro atoms. The van der Waals surface area contributed by atoms with Crippen LogP contribution < -0.4 is 5.73 Å². The van der Waals surface area contributed by atoms with Gasteiger partial charge in [-0.05, 0) is 25.1 Å². The molecule has 6 nitrogen and oxygen atoms in total.